The number of nitrogens with zero attached hydrogens (tertiary/aromatic N) is 2. The summed E-state index contributed by atoms with van der Waals surface area (Å²) in [6, 6.07) is 5.96. The summed E-state index contributed by atoms with van der Waals surface area (Å²) in [5.74, 6) is -0.491. The fourth-order valence-corrected chi connectivity index (χ4v) is 4.22. The quantitative estimate of drug-likeness (QED) is 0.151. The van der Waals surface area contributed by atoms with Crippen molar-refractivity contribution in [1.82, 2.24) is 0 Å². The first-order chi connectivity index (χ1) is 14.8. The molecule has 0 fully saturated rings. The summed E-state index contributed by atoms with van der Waals surface area (Å²) >= 11 is 0. The molecule has 0 atom stereocenters. The number of isocyanates is 1. The highest BCUT2D eigenvalue weighted by Crippen LogP contribution is 2.17. The van der Waals surface area contributed by atoms with Crippen LogP contribution in [-0.2, 0) is 20.7 Å². The summed E-state index contributed by atoms with van der Waals surface area (Å²) in [6.45, 7) is 15.0. The molecule has 0 saturated heterocycles. The van der Waals surface area contributed by atoms with E-state index in [-0.39, 0.29) is 0 Å². The molecule has 7 heteroatoms. The van der Waals surface area contributed by atoms with Gasteiger partial charge in [-0.1, -0.05) is 65.5 Å². The minimum Gasteiger partial charge on any atom is -0.324 e. The molecule has 6 nitrogen and oxygen atoms in total. The van der Waals surface area contributed by atoms with Crippen molar-refractivity contribution < 1.29 is 22.2 Å². The van der Waals surface area contributed by atoms with Gasteiger partial charge in [-0.25, -0.2) is 4.79 Å². The Balaban J connectivity index is 0.000000590. The predicted molar refractivity (Wildman–Crippen MR) is 129 cm³/mol. The van der Waals surface area contributed by atoms with Gasteiger partial charge in [-0.05, 0) is 43.4 Å². The lowest BCUT2D eigenvalue weighted by atomic mass is 10.1. The van der Waals surface area contributed by atoms with Crippen LogP contribution in [0.5, 0.6) is 0 Å². The summed E-state index contributed by atoms with van der Waals surface area (Å²) in [5.41, 5.74) is 0.671. The molecule has 0 bridgehead atoms. The lowest BCUT2D eigenvalue weighted by Crippen LogP contribution is -2.50. The van der Waals surface area contributed by atoms with Gasteiger partial charge in [-0.2, -0.15) is 13.4 Å². The molecule has 0 saturated carbocycles. The number of quaternary nitrogens is 1. The van der Waals surface area contributed by atoms with Crippen LogP contribution in [0.15, 0.2) is 29.3 Å². The van der Waals surface area contributed by atoms with E-state index in [1.807, 2.05) is 0 Å². The number of unbranched alkanes of at least 4 members (excludes halogenated alkanes) is 4. The van der Waals surface area contributed by atoms with Crippen molar-refractivity contribution in [3.8, 4) is 0 Å². The van der Waals surface area contributed by atoms with Crippen molar-refractivity contribution in [2.24, 2.45) is 4.99 Å². The van der Waals surface area contributed by atoms with Gasteiger partial charge in [0.05, 0.1) is 31.9 Å². The van der Waals surface area contributed by atoms with Crippen molar-refractivity contribution >= 4 is 21.9 Å². The van der Waals surface area contributed by atoms with E-state index in [0.717, 1.165) is 0 Å². The first-order valence-electron chi connectivity index (χ1n) is 11.7. The van der Waals surface area contributed by atoms with E-state index in [1.165, 1.54) is 112 Å². The number of hydrogen-bond acceptors (Lipinski definition) is 4. The molecule has 0 radical (unpaired) electrons. The summed E-state index contributed by atoms with van der Waals surface area (Å²) in [7, 11) is -4.05. The lowest BCUT2D eigenvalue weighted by Gasteiger charge is -2.39. The zero-order valence-electron chi connectivity index (χ0n) is 20.0. The van der Waals surface area contributed by atoms with Crippen LogP contribution in [0.25, 0.3) is 0 Å². The van der Waals surface area contributed by atoms with Crippen molar-refractivity contribution in [2.45, 2.75) is 84.8 Å². The molecule has 0 aromatic heterocycles. The third-order valence-electron chi connectivity index (χ3n) is 5.38. The molecule has 1 N–H and O–H groups in total. The van der Waals surface area contributed by atoms with E-state index >= 15 is 0 Å². The molecule has 0 amide bonds. The van der Waals surface area contributed by atoms with Crippen LogP contribution in [0.3, 0.4) is 0 Å². The van der Waals surface area contributed by atoms with Gasteiger partial charge >= 0.3 is 0 Å². The Morgan fingerprint density at radius 1 is 0.871 bits per heavy atom. The van der Waals surface area contributed by atoms with Gasteiger partial charge in [-0.3, -0.25) is 4.55 Å². The fourth-order valence-electron chi connectivity index (χ4n) is 3.62. The Labute approximate surface area is 190 Å². The first-order valence-corrected chi connectivity index (χ1v) is 13.3. The summed E-state index contributed by atoms with van der Waals surface area (Å²) < 4.78 is 31.0. The van der Waals surface area contributed by atoms with E-state index in [9.17, 15) is 13.2 Å². The molecule has 0 spiro atoms. The Morgan fingerprint density at radius 2 is 1.32 bits per heavy atom. The van der Waals surface area contributed by atoms with Gasteiger partial charge < -0.3 is 4.48 Å². The van der Waals surface area contributed by atoms with Gasteiger partial charge in [-0.15, -0.1) is 0 Å². The molecule has 0 aliphatic carbocycles. The molecular weight excluding hydrogens is 412 g/mol. The van der Waals surface area contributed by atoms with E-state index in [2.05, 4.69) is 32.7 Å². The Bertz CT molecular complexity index is 706. The van der Waals surface area contributed by atoms with Crippen molar-refractivity contribution in [3.63, 3.8) is 0 Å². The SMILES string of the molecule is CCCC[N+](CCCC)(CCCC)CCCC.O=C=Nc1cccc(CS(=O)(=O)O)c1. The maximum Gasteiger partial charge on any atom is 0.269 e. The monoisotopic (exact) mass is 455 g/mol. The summed E-state index contributed by atoms with van der Waals surface area (Å²) in [5, 5.41) is 0. The zero-order valence-corrected chi connectivity index (χ0v) is 20.8. The molecule has 0 heterocycles. The van der Waals surface area contributed by atoms with Gasteiger partial charge in [0.1, 0.15) is 5.75 Å². The third kappa shape index (κ3) is 15.0. The third-order valence-corrected chi connectivity index (χ3v) is 6.08. The van der Waals surface area contributed by atoms with E-state index in [0.29, 0.717) is 11.3 Å². The molecule has 0 unspecified atom stereocenters. The smallest absolute Gasteiger partial charge is 0.269 e. The molecule has 1 aromatic carbocycles. The second-order valence-electron chi connectivity index (χ2n) is 8.25. The average Bonchev–Trinajstić information content (AvgIpc) is 2.72. The van der Waals surface area contributed by atoms with E-state index < -0.39 is 15.9 Å². The summed E-state index contributed by atoms with van der Waals surface area (Å²) in [4.78, 5) is 13.2. The van der Waals surface area contributed by atoms with Crippen LogP contribution >= 0.6 is 0 Å². The van der Waals surface area contributed by atoms with E-state index in [4.69, 9.17) is 4.55 Å². The number of hydrogen-bond donors (Lipinski definition) is 1. The molecule has 1 rings (SSSR count). The number of aliphatic imine (C=N–C) groups is 1. The number of carbonyl (C=O) groups excluding carboxylic acids is 1. The second-order valence-corrected chi connectivity index (χ2v) is 9.70. The molecule has 178 valence electrons. The van der Waals surface area contributed by atoms with Gasteiger partial charge in [0, 0.05) is 0 Å². The van der Waals surface area contributed by atoms with Gasteiger partial charge in [0.15, 0.2) is 0 Å². The maximum atomic E-state index is 10.5. The molecule has 1 aromatic rings. The number of rotatable bonds is 15. The van der Waals surface area contributed by atoms with Crippen LogP contribution in [-0.4, -0.2) is 49.7 Å². The normalized spacial score (nSPS) is 11.4. The van der Waals surface area contributed by atoms with Gasteiger partial charge in [0.2, 0.25) is 6.08 Å². The highest BCUT2D eigenvalue weighted by molar-refractivity contribution is 7.85. The highest BCUT2D eigenvalue weighted by atomic mass is 32.2. The van der Waals surface area contributed by atoms with Crippen LogP contribution < -0.4 is 0 Å². The zero-order chi connectivity index (χ0) is 23.6. The van der Waals surface area contributed by atoms with Crippen molar-refractivity contribution in [3.05, 3.63) is 29.8 Å². The average molecular weight is 456 g/mol. The Kier molecular flexibility index (Phi) is 16.2. The molecular formula is C24H43N2O4S+. The van der Waals surface area contributed by atoms with Crippen LogP contribution in [0.2, 0.25) is 0 Å². The number of benzene rings is 1. The van der Waals surface area contributed by atoms with E-state index in [1.54, 1.807) is 0 Å². The Hall–Kier alpha value is -1.53. The summed E-state index contributed by atoms with van der Waals surface area (Å²) in [6.07, 6.45) is 12.4. The maximum absolute atomic E-state index is 10.5. The fraction of sp³-hybridized carbons (Fsp3) is 0.708. The van der Waals surface area contributed by atoms with Crippen molar-refractivity contribution in [1.29, 1.82) is 0 Å². The lowest BCUT2D eigenvalue weighted by molar-refractivity contribution is -0.929. The minimum absolute atomic E-state index is 0.307. The first kappa shape index (κ1) is 29.5. The van der Waals surface area contributed by atoms with Gasteiger partial charge in [0.25, 0.3) is 10.1 Å². The minimum atomic E-state index is -4.05. The Morgan fingerprint density at radius 3 is 1.68 bits per heavy atom. The predicted octanol–water partition coefficient (Wildman–Crippen LogP) is 6.05. The topological polar surface area (TPSA) is 83.8 Å². The van der Waals surface area contributed by atoms with Crippen LogP contribution in [0.4, 0.5) is 5.69 Å². The molecule has 0 aliphatic heterocycles. The molecule has 0 aliphatic rings. The largest absolute Gasteiger partial charge is 0.324 e. The van der Waals surface area contributed by atoms with Crippen LogP contribution in [0, 0.1) is 0 Å². The second kappa shape index (κ2) is 17.1. The molecule has 31 heavy (non-hydrogen) atoms. The van der Waals surface area contributed by atoms with Crippen molar-refractivity contribution in [2.75, 3.05) is 26.2 Å². The standard InChI is InChI=1S/C16H36N.C8H7NO4S/c1-5-9-13-17(14-10-6-2,15-11-7-3)16-12-8-4;10-6-9-8-3-1-2-7(4-8)5-14(11,12)13/h5-16H2,1-4H3;1-4H,5H2,(H,11,12,13)/q+1;. The van der Waals surface area contributed by atoms with Crippen LogP contribution in [0.1, 0.15) is 84.6 Å². The highest BCUT2D eigenvalue weighted by Gasteiger charge is 2.24.